The van der Waals surface area contributed by atoms with Crippen LogP contribution in [0.3, 0.4) is 0 Å². The number of carbonyl (C=O) groups excluding carboxylic acids is 1. The van der Waals surface area contributed by atoms with Gasteiger partial charge in [0.25, 0.3) is 0 Å². The van der Waals surface area contributed by atoms with Crippen molar-refractivity contribution in [2.24, 2.45) is 0 Å². The predicted molar refractivity (Wildman–Crippen MR) is 108 cm³/mol. The minimum Gasteiger partial charge on any atom is -0.444 e. The van der Waals surface area contributed by atoms with E-state index in [9.17, 15) is 18.7 Å². The average molecular weight is 410 g/mol. The molecule has 2 N–H and O–H groups in total. The number of halogens is 2. The van der Waals surface area contributed by atoms with Crippen molar-refractivity contribution >= 4 is 17.5 Å². The highest BCUT2D eigenvalue weighted by Crippen LogP contribution is 2.32. The number of allylic oxidation sites excluding steroid dienone is 2. The van der Waals surface area contributed by atoms with Gasteiger partial charge >= 0.3 is 6.09 Å². The van der Waals surface area contributed by atoms with E-state index < -0.39 is 23.3 Å². The molecular formula is C21H28F2N2O4. The van der Waals surface area contributed by atoms with Gasteiger partial charge in [-0.15, -0.1) is 0 Å². The van der Waals surface area contributed by atoms with E-state index in [1.54, 1.807) is 17.1 Å². The Morgan fingerprint density at radius 1 is 1.28 bits per heavy atom. The van der Waals surface area contributed by atoms with Crippen molar-refractivity contribution in [2.75, 3.05) is 43.6 Å². The molecular weight excluding hydrogens is 382 g/mol. The zero-order chi connectivity index (χ0) is 21.4. The van der Waals surface area contributed by atoms with Gasteiger partial charge in [0.05, 0.1) is 12.2 Å². The fourth-order valence-electron chi connectivity index (χ4n) is 3.24. The zero-order valence-electron chi connectivity index (χ0n) is 17.0. The van der Waals surface area contributed by atoms with E-state index in [1.807, 2.05) is 19.9 Å². The summed E-state index contributed by atoms with van der Waals surface area (Å²) in [7, 11) is 1.50. The SMILES string of the molecule is CC=CC(=CC)COC(=O)Nc1cc(F)c(N2CCC(O)(COC)CC2)c(F)c1. The molecule has 0 saturated carbocycles. The summed E-state index contributed by atoms with van der Waals surface area (Å²) in [6.07, 6.45) is 5.29. The predicted octanol–water partition coefficient (Wildman–Crippen LogP) is 4.01. The Bertz CT molecular complexity index is 749. The smallest absolute Gasteiger partial charge is 0.411 e. The lowest BCUT2D eigenvalue weighted by atomic mass is 9.92. The summed E-state index contributed by atoms with van der Waals surface area (Å²) >= 11 is 0. The van der Waals surface area contributed by atoms with Crippen LogP contribution < -0.4 is 10.2 Å². The van der Waals surface area contributed by atoms with Crippen LogP contribution in [0.4, 0.5) is 25.0 Å². The van der Waals surface area contributed by atoms with E-state index in [4.69, 9.17) is 9.47 Å². The summed E-state index contributed by atoms with van der Waals surface area (Å²) in [6.45, 7) is 4.47. The number of nitrogens with zero attached hydrogens (tertiary/aromatic N) is 1. The Morgan fingerprint density at radius 3 is 2.41 bits per heavy atom. The lowest BCUT2D eigenvalue weighted by Crippen LogP contribution is -2.47. The second kappa shape index (κ2) is 10.4. The number of ether oxygens (including phenoxy) is 2. The van der Waals surface area contributed by atoms with Gasteiger partial charge in [0.15, 0.2) is 11.6 Å². The third-order valence-corrected chi connectivity index (χ3v) is 4.81. The second-order valence-corrected chi connectivity index (χ2v) is 7.00. The molecule has 1 heterocycles. The number of methoxy groups -OCH3 is 1. The summed E-state index contributed by atoms with van der Waals surface area (Å²) in [5, 5.41) is 12.7. The van der Waals surface area contributed by atoms with E-state index in [0.29, 0.717) is 25.9 Å². The fraction of sp³-hybridized carbons (Fsp3) is 0.476. The van der Waals surface area contributed by atoms with Crippen molar-refractivity contribution in [1.29, 1.82) is 0 Å². The third-order valence-electron chi connectivity index (χ3n) is 4.81. The summed E-state index contributed by atoms with van der Waals surface area (Å²) in [4.78, 5) is 13.4. The second-order valence-electron chi connectivity index (χ2n) is 7.00. The van der Waals surface area contributed by atoms with E-state index >= 15 is 0 Å². The molecule has 1 aliphatic heterocycles. The van der Waals surface area contributed by atoms with Crippen LogP contribution in [-0.2, 0) is 9.47 Å². The van der Waals surface area contributed by atoms with Gasteiger partial charge in [-0.3, -0.25) is 5.32 Å². The molecule has 29 heavy (non-hydrogen) atoms. The Balaban J connectivity index is 2.01. The standard InChI is InChI=1S/C21H28F2N2O4/c1-4-6-15(5-2)13-29-20(26)24-16-11-17(22)19(18(23)12-16)25-9-7-21(27,8-10-25)14-28-3/h4-6,11-12,27H,7-10,13-14H2,1-3H3,(H,24,26). The normalized spacial score (nSPS) is 16.9. The van der Waals surface area contributed by atoms with Crippen molar-refractivity contribution in [3.63, 3.8) is 0 Å². The molecule has 1 aliphatic rings. The molecule has 1 aromatic carbocycles. The lowest BCUT2D eigenvalue weighted by Gasteiger charge is -2.39. The molecule has 0 unspecified atom stereocenters. The molecule has 0 aromatic heterocycles. The molecule has 0 aliphatic carbocycles. The molecule has 1 fully saturated rings. The first-order valence-electron chi connectivity index (χ1n) is 9.49. The van der Waals surface area contributed by atoms with Crippen LogP contribution in [0.15, 0.2) is 35.9 Å². The number of anilines is 2. The maximum Gasteiger partial charge on any atom is 0.411 e. The minimum absolute atomic E-state index is 0.0327. The summed E-state index contributed by atoms with van der Waals surface area (Å²) in [6, 6.07) is 2.11. The Hall–Kier alpha value is -2.45. The highest BCUT2D eigenvalue weighted by Gasteiger charge is 2.34. The van der Waals surface area contributed by atoms with Crippen LogP contribution in [0, 0.1) is 11.6 Å². The van der Waals surface area contributed by atoms with Crippen molar-refractivity contribution in [3.8, 4) is 0 Å². The van der Waals surface area contributed by atoms with Crippen LogP contribution in [0.5, 0.6) is 0 Å². The van der Waals surface area contributed by atoms with E-state index in [-0.39, 0.29) is 24.6 Å². The van der Waals surface area contributed by atoms with E-state index in [1.165, 1.54) is 7.11 Å². The van der Waals surface area contributed by atoms with Gasteiger partial charge in [-0.2, -0.15) is 0 Å². The first kappa shape index (κ1) is 22.8. The highest BCUT2D eigenvalue weighted by molar-refractivity contribution is 5.85. The summed E-state index contributed by atoms with van der Waals surface area (Å²) in [5.41, 5.74) is -0.390. The van der Waals surface area contributed by atoms with E-state index in [0.717, 1.165) is 17.7 Å². The molecule has 0 atom stereocenters. The number of benzene rings is 1. The maximum absolute atomic E-state index is 14.6. The van der Waals surface area contributed by atoms with Gasteiger partial charge < -0.3 is 19.5 Å². The van der Waals surface area contributed by atoms with E-state index in [2.05, 4.69) is 5.32 Å². The number of hydrogen-bond donors (Lipinski definition) is 2. The van der Waals surface area contributed by atoms with Crippen LogP contribution in [0.1, 0.15) is 26.7 Å². The topological polar surface area (TPSA) is 71.0 Å². The fourth-order valence-corrected chi connectivity index (χ4v) is 3.24. The molecule has 0 bridgehead atoms. The van der Waals surface area contributed by atoms with Crippen molar-refractivity contribution < 1.29 is 28.2 Å². The molecule has 2 rings (SSSR count). The number of hydrogen-bond acceptors (Lipinski definition) is 5. The minimum atomic E-state index is -0.984. The van der Waals surface area contributed by atoms with Gasteiger partial charge in [0.1, 0.15) is 12.3 Å². The first-order chi connectivity index (χ1) is 13.8. The molecule has 1 aromatic rings. The molecule has 0 radical (unpaired) electrons. The van der Waals surface area contributed by atoms with Gasteiger partial charge in [-0.1, -0.05) is 18.2 Å². The summed E-state index contributed by atoms with van der Waals surface area (Å²) in [5.74, 6) is -1.58. The number of rotatable bonds is 7. The average Bonchev–Trinajstić information content (AvgIpc) is 2.66. The third kappa shape index (κ3) is 6.27. The molecule has 6 nitrogen and oxygen atoms in total. The van der Waals surface area contributed by atoms with Crippen LogP contribution in [0.25, 0.3) is 0 Å². The largest absolute Gasteiger partial charge is 0.444 e. The van der Waals surface area contributed by atoms with Gasteiger partial charge in [0.2, 0.25) is 0 Å². The first-order valence-corrected chi connectivity index (χ1v) is 9.49. The zero-order valence-corrected chi connectivity index (χ0v) is 17.0. The van der Waals surface area contributed by atoms with Crippen LogP contribution in [0.2, 0.25) is 0 Å². The number of nitrogens with one attached hydrogen (secondary N) is 1. The van der Waals surface area contributed by atoms with Gasteiger partial charge in [-0.25, -0.2) is 13.6 Å². The van der Waals surface area contributed by atoms with Crippen molar-refractivity contribution in [3.05, 3.63) is 47.6 Å². The van der Waals surface area contributed by atoms with Crippen molar-refractivity contribution in [1.82, 2.24) is 0 Å². The van der Waals surface area contributed by atoms with Crippen LogP contribution >= 0.6 is 0 Å². The van der Waals surface area contributed by atoms with Gasteiger partial charge in [0, 0.05) is 25.9 Å². The molecule has 1 saturated heterocycles. The Labute approximate surface area is 169 Å². The molecule has 8 heteroatoms. The molecule has 0 spiro atoms. The van der Waals surface area contributed by atoms with Crippen LogP contribution in [-0.4, -0.2) is 50.2 Å². The molecule has 1 amide bonds. The van der Waals surface area contributed by atoms with Crippen molar-refractivity contribution in [2.45, 2.75) is 32.3 Å². The highest BCUT2D eigenvalue weighted by atomic mass is 19.1. The Kier molecular flexibility index (Phi) is 8.16. The summed E-state index contributed by atoms with van der Waals surface area (Å²) < 4.78 is 39.2. The quantitative estimate of drug-likeness (QED) is 0.665. The van der Waals surface area contributed by atoms with Gasteiger partial charge in [-0.05, 0) is 44.4 Å². The maximum atomic E-state index is 14.6. The number of aliphatic hydroxyl groups is 1. The number of piperidine rings is 1. The molecule has 160 valence electrons. The monoisotopic (exact) mass is 410 g/mol. The lowest BCUT2D eigenvalue weighted by molar-refractivity contribution is -0.0473. The Morgan fingerprint density at radius 2 is 1.90 bits per heavy atom. The number of amides is 1. The number of carbonyl (C=O) groups is 1.